The average molecular weight is 328 g/mol. The molecule has 0 aromatic heterocycles. The molecule has 106 valence electrons. The molecule has 3 nitrogen and oxygen atoms in total. The van der Waals surface area contributed by atoms with Crippen LogP contribution in [-0.4, -0.2) is 33.4 Å². The van der Waals surface area contributed by atoms with Gasteiger partial charge in [-0.05, 0) is 42.9 Å². The molecule has 0 unspecified atom stereocenters. The maximum absolute atomic E-state index is 5.81. The Kier molecular flexibility index (Phi) is 5.67. The van der Waals surface area contributed by atoms with E-state index in [1.54, 1.807) is 7.11 Å². The summed E-state index contributed by atoms with van der Waals surface area (Å²) in [5.41, 5.74) is 0.472. The first kappa shape index (κ1) is 14.8. The number of rotatable bonds is 9. The fourth-order valence-corrected chi connectivity index (χ4v) is 2.54. The Hall–Kier alpha value is -0.580. The molecule has 1 saturated carbocycles. The minimum Gasteiger partial charge on any atom is -0.494 e. The third-order valence-corrected chi connectivity index (χ3v) is 4.13. The van der Waals surface area contributed by atoms with E-state index in [1.165, 1.54) is 12.8 Å². The third-order valence-electron chi connectivity index (χ3n) is 3.64. The summed E-state index contributed by atoms with van der Waals surface area (Å²) in [7, 11) is 1.74. The van der Waals surface area contributed by atoms with E-state index < -0.39 is 0 Å². The number of halogens is 1. The van der Waals surface area contributed by atoms with E-state index in [0.717, 1.165) is 42.9 Å². The minimum atomic E-state index is 0.472. The van der Waals surface area contributed by atoms with Crippen LogP contribution in [0.1, 0.15) is 19.3 Å². The summed E-state index contributed by atoms with van der Waals surface area (Å²) in [4.78, 5) is 0. The van der Waals surface area contributed by atoms with Gasteiger partial charge in [-0.15, -0.1) is 0 Å². The van der Waals surface area contributed by atoms with Crippen molar-refractivity contribution in [3.8, 4) is 5.75 Å². The van der Waals surface area contributed by atoms with E-state index in [4.69, 9.17) is 9.47 Å². The Bertz CT molecular complexity index is 393. The van der Waals surface area contributed by atoms with Crippen molar-refractivity contribution < 1.29 is 9.47 Å². The third kappa shape index (κ3) is 5.13. The van der Waals surface area contributed by atoms with Crippen molar-refractivity contribution in [3.05, 3.63) is 28.7 Å². The topological polar surface area (TPSA) is 30.5 Å². The fourth-order valence-electron chi connectivity index (χ4n) is 2.16. The predicted octanol–water partition coefficient (Wildman–Crippen LogP) is 3.23. The molecule has 2 rings (SSSR count). The van der Waals surface area contributed by atoms with Gasteiger partial charge in [0.25, 0.3) is 0 Å². The van der Waals surface area contributed by atoms with Crippen molar-refractivity contribution in [1.29, 1.82) is 0 Å². The van der Waals surface area contributed by atoms with Crippen molar-refractivity contribution in [1.82, 2.24) is 5.32 Å². The lowest BCUT2D eigenvalue weighted by atomic mass is 10.0. The molecule has 0 saturated heterocycles. The summed E-state index contributed by atoms with van der Waals surface area (Å²) < 4.78 is 11.9. The molecular formula is C15H22BrNO2. The van der Waals surface area contributed by atoms with Gasteiger partial charge in [0, 0.05) is 24.7 Å². The highest BCUT2D eigenvalue weighted by Crippen LogP contribution is 2.48. The lowest BCUT2D eigenvalue weighted by Crippen LogP contribution is -2.28. The molecule has 1 fully saturated rings. The maximum Gasteiger partial charge on any atom is 0.120 e. The van der Waals surface area contributed by atoms with Gasteiger partial charge in [-0.3, -0.25) is 0 Å². The molecule has 0 aliphatic heterocycles. The van der Waals surface area contributed by atoms with Crippen LogP contribution in [0, 0.1) is 5.41 Å². The van der Waals surface area contributed by atoms with E-state index in [-0.39, 0.29) is 0 Å². The van der Waals surface area contributed by atoms with Gasteiger partial charge in [-0.1, -0.05) is 22.0 Å². The Morgan fingerprint density at radius 2 is 2.16 bits per heavy atom. The Balaban J connectivity index is 1.65. The summed E-state index contributed by atoms with van der Waals surface area (Å²) in [6.07, 6.45) is 3.75. The number of methoxy groups -OCH3 is 1. The molecule has 1 aromatic carbocycles. The van der Waals surface area contributed by atoms with Crippen molar-refractivity contribution >= 4 is 15.9 Å². The molecule has 0 heterocycles. The van der Waals surface area contributed by atoms with E-state index in [2.05, 4.69) is 21.2 Å². The summed E-state index contributed by atoms with van der Waals surface area (Å²) in [5.74, 6) is 0.942. The maximum atomic E-state index is 5.81. The summed E-state index contributed by atoms with van der Waals surface area (Å²) >= 11 is 3.45. The molecule has 0 bridgehead atoms. The number of hydrogen-bond acceptors (Lipinski definition) is 3. The Morgan fingerprint density at radius 1 is 1.32 bits per heavy atom. The van der Waals surface area contributed by atoms with Gasteiger partial charge in [0.15, 0.2) is 0 Å². The van der Waals surface area contributed by atoms with Gasteiger partial charge in [0.1, 0.15) is 5.75 Å². The molecule has 19 heavy (non-hydrogen) atoms. The number of ether oxygens (including phenoxy) is 2. The highest BCUT2D eigenvalue weighted by atomic mass is 79.9. The standard InChI is InChI=1S/C15H22BrNO2/c1-18-10-8-17-12-15(5-6-15)7-9-19-14-4-2-3-13(16)11-14/h2-4,11,17H,5-10,12H2,1H3. The van der Waals surface area contributed by atoms with Gasteiger partial charge >= 0.3 is 0 Å². The van der Waals surface area contributed by atoms with Crippen LogP contribution in [0.25, 0.3) is 0 Å². The second kappa shape index (κ2) is 7.27. The van der Waals surface area contributed by atoms with E-state index in [9.17, 15) is 0 Å². The van der Waals surface area contributed by atoms with Gasteiger partial charge in [0.2, 0.25) is 0 Å². The lowest BCUT2D eigenvalue weighted by molar-refractivity contribution is 0.195. The zero-order chi connectivity index (χ0) is 13.6. The number of benzene rings is 1. The van der Waals surface area contributed by atoms with Crippen LogP contribution < -0.4 is 10.1 Å². The quantitative estimate of drug-likeness (QED) is 0.706. The van der Waals surface area contributed by atoms with Crippen LogP contribution >= 0.6 is 15.9 Å². The largest absolute Gasteiger partial charge is 0.494 e. The molecule has 4 heteroatoms. The second-order valence-electron chi connectivity index (χ2n) is 5.23. The number of hydrogen-bond donors (Lipinski definition) is 1. The molecule has 1 N–H and O–H groups in total. The fraction of sp³-hybridized carbons (Fsp3) is 0.600. The molecule has 0 radical (unpaired) electrons. The van der Waals surface area contributed by atoms with E-state index >= 15 is 0 Å². The predicted molar refractivity (Wildman–Crippen MR) is 80.7 cm³/mol. The zero-order valence-corrected chi connectivity index (χ0v) is 13.0. The first-order valence-corrected chi connectivity index (χ1v) is 7.61. The first-order valence-electron chi connectivity index (χ1n) is 6.82. The minimum absolute atomic E-state index is 0.472. The van der Waals surface area contributed by atoms with Gasteiger partial charge in [-0.25, -0.2) is 0 Å². The van der Waals surface area contributed by atoms with Gasteiger partial charge in [-0.2, -0.15) is 0 Å². The molecule has 1 aliphatic carbocycles. The monoisotopic (exact) mass is 327 g/mol. The van der Waals surface area contributed by atoms with Crippen LogP contribution in [-0.2, 0) is 4.74 Å². The van der Waals surface area contributed by atoms with Crippen molar-refractivity contribution in [3.63, 3.8) is 0 Å². The van der Waals surface area contributed by atoms with Crippen molar-refractivity contribution in [2.24, 2.45) is 5.41 Å². The summed E-state index contributed by atoms with van der Waals surface area (Å²) in [6.45, 7) is 3.59. The molecular weight excluding hydrogens is 306 g/mol. The van der Waals surface area contributed by atoms with Crippen molar-refractivity contribution in [2.75, 3.05) is 33.4 Å². The highest BCUT2D eigenvalue weighted by molar-refractivity contribution is 9.10. The molecule has 0 amide bonds. The Morgan fingerprint density at radius 3 is 2.84 bits per heavy atom. The molecule has 0 atom stereocenters. The van der Waals surface area contributed by atoms with Gasteiger partial charge < -0.3 is 14.8 Å². The average Bonchev–Trinajstić information content (AvgIpc) is 3.15. The second-order valence-corrected chi connectivity index (χ2v) is 6.14. The summed E-state index contributed by atoms with van der Waals surface area (Å²) in [5, 5.41) is 3.46. The smallest absolute Gasteiger partial charge is 0.120 e. The van der Waals surface area contributed by atoms with Gasteiger partial charge in [0.05, 0.1) is 13.2 Å². The zero-order valence-electron chi connectivity index (χ0n) is 11.5. The lowest BCUT2D eigenvalue weighted by Gasteiger charge is -2.16. The molecule has 1 aliphatic rings. The van der Waals surface area contributed by atoms with Crippen LogP contribution in [0.15, 0.2) is 28.7 Å². The molecule has 0 spiro atoms. The highest BCUT2D eigenvalue weighted by Gasteiger charge is 2.41. The van der Waals surface area contributed by atoms with E-state index in [0.29, 0.717) is 5.41 Å². The van der Waals surface area contributed by atoms with Crippen LogP contribution in [0.5, 0.6) is 5.75 Å². The van der Waals surface area contributed by atoms with E-state index in [1.807, 2.05) is 24.3 Å². The van der Waals surface area contributed by atoms with Crippen LogP contribution in [0.2, 0.25) is 0 Å². The summed E-state index contributed by atoms with van der Waals surface area (Å²) in [6, 6.07) is 8.02. The Labute approximate surface area is 123 Å². The first-order chi connectivity index (χ1) is 9.24. The van der Waals surface area contributed by atoms with Crippen LogP contribution in [0.4, 0.5) is 0 Å². The SMILES string of the molecule is COCCNCC1(CCOc2cccc(Br)c2)CC1. The normalized spacial score (nSPS) is 16.3. The van der Waals surface area contributed by atoms with Crippen molar-refractivity contribution in [2.45, 2.75) is 19.3 Å². The molecule has 1 aromatic rings. The number of nitrogens with one attached hydrogen (secondary N) is 1. The van der Waals surface area contributed by atoms with Crippen LogP contribution in [0.3, 0.4) is 0 Å².